The SMILES string of the molecule is N#Cc1ccc(OCC(c2c3cc(F)c(F)cc3nn2-c2ccc(Cl)cc2)C2CCCCC2)c(F)c1. The van der Waals surface area contributed by atoms with Crippen LogP contribution in [0.25, 0.3) is 16.6 Å². The van der Waals surface area contributed by atoms with Crippen molar-refractivity contribution in [2.24, 2.45) is 5.92 Å². The molecule has 1 aliphatic rings. The summed E-state index contributed by atoms with van der Waals surface area (Å²) in [6.07, 6.45) is 5.08. The van der Waals surface area contributed by atoms with Crippen LogP contribution in [0, 0.1) is 34.7 Å². The van der Waals surface area contributed by atoms with E-state index in [4.69, 9.17) is 21.6 Å². The Balaban J connectivity index is 1.63. The molecule has 1 saturated carbocycles. The molecule has 1 heterocycles. The second kappa shape index (κ2) is 10.2. The highest BCUT2D eigenvalue weighted by Gasteiger charge is 2.32. The quantitative estimate of drug-likeness (QED) is 0.267. The molecular weight excluding hydrogens is 487 g/mol. The first-order valence-electron chi connectivity index (χ1n) is 11.9. The molecule has 0 spiro atoms. The van der Waals surface area contributed by atoms with Gasteiger partial charge in [0.2, 0.25) is 0 Å². The van der Waals surface area contributed by atoms with Gasteiger partial charge in [0.15, 0.2) is 23.2 Å². The Morgan fingerprint density at radius 3 is 2.39 bits per heavy atom. The number of hydrogen-bond acceptors (Lipinski definition) is 3. The van der Waals surface area contributed by atoms with Crippen molar-refractivity contribution in [3.8, 4) is 17.5 Å². The second-order valence-electron chi connectivity index (χ2n) is 9.13. The zero-order chi connectivity index (χ0) is 25.2. The van der Waals surface area contributed by atoms with Crippen molar-refractivity contribution in [2.75, 3.05) is 6.61 Å². The molecule has 5 rings (SSSR count). The first-order chi connectivity index (χ1) is 17.4. The van der Waals surface area contributed by atoms with Gasteiger partial charge in [0.1, 0.15) is 0 Å². The summed E-state index contributed by atoms with van der Waals surface area (Å²) >= 11 is 6.09. The Morgan fingerprint density at radius 1 is 0.972 bits per heavy atom. The van der Waals surface area contributed by atoms with Crippen LogP contribution in [0.3, 0.4) is 0 Å². The lowest BCUT2D eigenvalue weighted by Crippen LogP contribution is -2.25. The maximum absolute atomic E-state index is 14.6. The minimum absolute atomic E-state index is 0.0360. The molecule has 1 aliphatic carbocycles. The average molecular weight is 510 g/mol. The van der Waals surface area contributed by atoms with Crippen molar-refractivity contribution in [2.45, 2.75) is 38.0 Å². The Bertz CT molecular complexity index is 1440. The normalized spacial score (nSPS) is 15.1. The summed E-state index contributed by atoms with van der Waals surface area (Å²) in [6.45, 7) is 0.112. The number of rotatable bonds is 6. The number of nitriles is 1. The third-order valence-electron chi connectivity index (χ3n) is 6.87. The largest absolute Gasteiger partial charge is 0.490 e. The zero-order valence-corrected chi connectivity index (χ0v) is 20.1. The van der Waals surface area contributed by atoms with Crippen LogP contribution >= 0.6 is 11.6 Å². The molecule has 4 nitrogen and oxygen atoms in total. The summed E-state index contributed by atoms with van der Waals surface area (Å²) in [4.78, 5) is 0. The highest BCUT2D eigenvalue weighted by Crippen LogP contribution is 2.41. The lowest BCUT2D eigenvalue weighted by Gasteiger charge is -2.31. The highest BCUT2D eigenvalue weighted by atomic mass is 35.5. The number of nitrogens with zero attached hydrogens (tertiary/aromatic N) is 3. The predicted octanol–water partition coefficient (Wildman–Crippen LogP) is 7.71. The number of benzene rings is 3. The fraction of sp³-hybridized carbons (Fsp3) is 0.286. The van der Waals surface area contributed by atoms with Crippen LogP contribution in [0.5, 0.6) is 5.75 Å². The fourth-order valence-electron chi connectivity index (χ4n) is 5.08. The molecule has 184 valence electrons. The Labute approximate surface area is 211 Å². The third kappa shape index (κ3) is 4.78. The molecule has 0 amide bonds. The van der Waals surface area contributed by atoms with E-state index in [2.05, 4.69) is 5.10 Å². The van der Waals surface area contributed by atoms with Gasteiger partial charge in [-0.25, -0.2) is 17.9 Å². The van der Waals surface area contributed by atoms with Crippen LogP contribution in [0.2, 0.25) is 5.02 Å². The van der Waals surface area contributed by atoms with Crippen LogP contribution in [0.1, 0.15) is 49.3 Å². The lowest BCUT2D eigenvalue weighted by molar-refractivity contribution is 0.203. The Hall–Kier alpha value is -3.50. The van der Waals surface area contributed by atoms with Gasteiger partial charge in [-0.3, -0.25) is 0 Å². The molecule has 0 saturated heterocycles. The van der Waals surface area contributed by atoms with Crippen LogP contribution in [-0.2, 0) is 0 Å². The summed E-state index contributed by atoms with van der Waals surface area (Å²) in [7, 11) is 0. The zero-order valence-electron chi connectivity index (χ0n) is 19.4. The van der Waals surface area contributed by atoms with E-state index >= 15 is 0 Å². The molecule has 1 fully saturated rings. The van der Waals surface area contributed by atoms with Crippen LogP contribution < -0.4 is 4.74 Å². The lowest BCUT2D eigenvalue weighted by atomic mass is 9.78. The minimum atomic E-state index is -0.972. The summed E-state index contributed by atoms with van der Waals surface area (Å²) in [5, 5.41) is 14.7. The molecule has 3 aromatic carbocycles. The fourth-order valence-corrected chi connectivity index (χ4v) is 5.20. The summed E-state index contributed by atoms with van der Waals surface area (Å²) in [6, 6.07) is 15.3. The number of ether oxygens (including phenoxy) is 1. The van der Waals surface area contributed by atoms with Gasteiger partial charge in [0.05, 0.1) is 35.1 Å². The number of aromatic nitrogens is 2. The molecule has 1 aromatic heterocycles. The van der Waals surface area contributed by atoms with Gasteiger partial charge in [-0.05, 0) is 67.3 Å². The van der Waals surface area contributed by atoms with E-state index in [0.29, 0.717) is 27.3 Å². The molecule has 8 heteroatoms. The molecule has 0 radical (unpaired) electrons. The first kappa shape index (κ1) is 24.2. The molecule has 0 bridgehead atoms. The molecule has 1 unspecified atom stereocenters. The maximum atomic E-state index is 14.6. The summed E-state index contributed by atoms with van der Waals surface area (Å²) in [5.74, 6) is -2.61. The van der Waals surface area contributed by atoms with Crippen molar-refractivity contribution >= 4 is 22.5 Å². The standard InChI is InChI=1S/C28H23ClF3N3O/c29-19-7-9-20(10-8-19)35-28(21-13-23(30)24(31)14-26(21)34-35)22(18-4-2-1-3-5-18)16-36-27-11-6-17(15-33)12-25(27)32/h6-14,18,22H,1-5,16H2. The van der Waals surface area contributed by atoms with Gasteiger partial charge in [0.25, 0.3) is 0 Å². The first-order valence-corrected chi connectivity index (χ1v) is 12.3. The average Bonchev–Trinajstić information content (AvgIpc) is 3.24. The van der Waals surface area contributed by atoms with Crippen molar-refractivity contribution in [3.63, 3.8) is 0 Å². The molecular formula is C28H23ClF3N3O. The van der Waals surface area contributed by atoms with Gasteiger partial charge >= 0.3 is 0 Å². The predicted molar refractivity (Wildman–Crippen MR) is 132 cm³/mol. The van der Waals surface area contributed by atoms with Crippen LogP contribution in [-0.4, -0.2) is 16.4 Å². The van der Waals surface area contributed by atoms with E-state index in [0.717, 1.165) is 44.2 Å². The van der Waals surface area contributed by atoms with Crippen molar-refractivity contribution in [1.82, 2.24) is 9.78 Å². The van der Waals surface area contributed by atoms with E-state index in [1.54, 1.807) is 28.9 Å². The summed E-state index contributed by atoms with van der Waals surface area (Å²) in [5.41, 5.74) is 1.90. The smallest absolute Gasteiger partial charge is 0.166 e. The van der Waals surface area contributed by atoms with E-state index in [1.807, 2.05) is 6.07 Å². The van der Waals surface area contributed by atoms with Crippen LogP contribution in [0.15, 0.2) is 54.6 Å². The van der Waals surface area contributed by atoms with Gasteiger partial charge < -0.3 is 4.74 Å². The minimum Gasteiger partial charge on any atom is -0.490 e. The molecule has 0 aliphatic heterocycles. The number of fused-ring (bicyclic) bond motifs is 1. The highest BCUT2D eigenvalue weighted by molar-refractivity contribution is 6.30. The molecule has 0 N–H and O–H groups in total. The van der Waals surface area contributed by atoms with Gasteiger partial charge in [-0.1, -0.05) is 30.9 Å². The van der Waals surface area contributed by atoms with E-state index in [-0.39, 0.29) is 29.8 Å². The maximum Gasteiger partial charge on any atom is 0.166 e. The van der Waals surface area contributed by atoms with E-state index in [1.165, 1.54) is 18.2 Å². The monoisotopic (exact) mass is 509 g/mol. The van der Waals surface area contributed by atoms with Crippen molar-refractivity contribution < 1.29 is 17.9 Å². The number of hydrogen-bond donors (Lipinski definition) is 0. The molecule has 1 atom stereocenters. The van der Waals surface area contributed by atoms with Gasteiger partial charge in [0, 0.05) is 22.4 Å². The third-order valence-corrected chi connectivity index (χ3v) is 7.12. The van der Waals surface area contributed by atoms with E-state index in [9.17, 15) is 13.2 Å². The summed E-state index contributed by atoms with van der Waals surface area (Å²) < 4.78 is 50.9. The van der Waals surface area contributed by atoms with Gasteiger partial charge in [-0.2, -0.15) is 10.4 Å². The van der Waals surface area contributed by atoms with E-state index < -0.39 is 17.5 Å². The topological polar surface area (TPSA) is 50.8 Å². The molecule has 4 aromatic rings. The Morgan fingerprint density at radius 2 is 1.69 bits per heavy atom. The van der Waals surface area contributed by atoms with Crippen molar-refractivity contribution in [1.29, 1.82) is 5.26 Å². The van der Waals surface area contributed by atoms with Crippen LogP contribution in [0.4, 0.5) is 13.2 Å². The second-order valence-corrected chi connectivity index (χ2v) is 9.57. The van der Waals surface area contributed by atoms with Gasteiger partial charge in [-0.15, -0.1) is 0 Å². The number of halogens is 4. The molecule has 36 heavy (non-hydrogen) atoms. The Kier molecular flexibility index (Phi) is 6.88. The van der Waals surface area contributed by atoms with Crippen molar-refractivity contribution in [3.05, 3.63) is 88.3 Å².